The Morgan fingerprint density at radius 3 is 1.74 bits per heavy atom. The molecular weight excluding hydrogens is 693 g/mol. The molecule has 2 aromatic heterocycles. The third kappa shape index (κ3) is 4.26. The van der Waals surface area contributed by atoms with E-state index in [0.29, 0.717) is 0 Å². The first-order valence-corrected chi connectivity index (χ1v) is 19.6. The molecule has 0 amide bonds. The molecule has 0 saturated carbocycles. The lowest BCUT2D eigenvalue weighted by atomic mass is 9.86. The predicted molar refractivity (Wildman–Crippen MR) is 241 cm³/mol. The van der Waals surface area contributed by atoms with Gasteiger partial charge in [0.25, 0.3) is 0 Å². The summed E-state index contributed by atoms with van der Waals surface area (Å²) in [7, 11) is 0. The summed E-state index contributed by atoms with van der Waals surface area (Å²) in [5.41, 5.74) is 10.9. The summed E-state index contributed by atoms with van der Waals surface area (Å²) in [6.07, 6.45) is 0. The van der Waals surface area contributed by atoms with E-state index in [-0.39, 0.29) is 0 Å². The fraction of sp³-hybridized carbons (Fsp3) is 0. The molecule has 11 aromatic carbocycles. The van der Waals surface area contributed by atoms with Gasteiger partial charge < -0.3 is 13.9 Å². The predicted octanol–water partition coefficient (Wildman–Crippen LogP) is 15.3. The number of nitrogens with zero attached hydrogens (tertiary/aromatic N) is 2. The normalized spacial score (nSPS) is 12.2. The Balaban J connectivity index is 1.08. The van der Waals surface area contributed by atoms with E-state index in [2.05, 4.69) is 191 Å². The number of rotatable bonds is 5. The van der Waals surface area contributed by atoms with Crippen molar-refractivity contribution in [3.63, 3.8) is 0 Å². The molecule has 0 radical (unpaired) electrons. The third-order valence-electron chi connectivity index (χ3n) is 12.2. The van der Waals surface area contributed by atoms with Crippen LogP contribution >= 0.6 is 0 Å². The summed E-state index contributed by atoms with van der Waals surface area (Å²) in [6, 6.07) is 70.7. The van der Waals surface area contributed by atoms with Crippen molar-refractivity contribution in [2.75, 3.05) is 4.90 Å². The minimum Gasteiger partial charge on any atom is -0.456 e. The summed E-state index contributed by atoms with van der Waals surface area (Å²) in [5, 5.41) is 15.4. The molecule has 57 heavy (non-hydrogen) atoms. The minimum atomic E-state index is 0.883. The zero-order chi connectivity index (χ0) is 37.2. The van der Waals surface area contributed by atoms with Crippen LogP contribution in [0.2, 0.25) is 0 Å². The van der Waals surface area contributed by atoms with E-state index in [1.54, 1.807) is 0 Å². The van der Waals surface area contributed by atoms with Gasteiger partial charge in [-0.2, -0.15) is 0 Å². The van der Waals surface area contributed by atoms with Gasteiger partial charge >= 0.3 is 0 Å². The molecule has 0 aliphatic carbocycles. The molecule has 0 unspecified atom stereocenters. The van der Waals surface area contributed by atoms with Crippen molar-refractivity contribution in [2.45, 2.75) is 0 Å². The van der Waals surface area contributed by atoms with Gasteiger partial charge in [0.15, 0.2) is 0 Å². The number of para-hydroxylation sites is 1. The van der Waals surface area contributed by atoms with Crippen molar-refractivity contribution >= 4 is 104 Å². The lowest BCUT2D eigenvalue weighted by Gasteiger charge is -2.27. The topological polar surface area (TPSA) is 21.3 Å². The highest BCUT2D eigenvalue weighted by atomic mass is 16.3. The minimum absolute atomic E-state index is 0.883. The smallest absolute Gasteiger partial charge is 0.135 e. The number of aromatic nitrogens is 1. The van der Waals surface area contributed by atoms with Gasteiger partial charge in [0, 0.05) is 49.7 Å². The number of furan rings is 1. The molecule has 264 valence electrons. The van der Waals surface area contributed by atoms with Crippen LogP contribution in [0.1, 0.15) is 0 Å². The van der Waals surface area contributed by atoms with E-state index >= 15 is 0 Å². The largest absolute Gasteiger partial charge is 0.456 e. The Labute approximate surface area is 327 Å². The van der Waals surface area contributed by atoms with Gasteiger partial charge in [0.2, 0.25) is 0 Å². The van der Waals surface area contributed by atoms with Crippen LogP contribution in [0.15, 0.2) is 199 Å². The number of hydrogen-bond donors (Lipinski definition) is 0. The molecule has 0 N–H and O–H groups in total. The second kappa shape index (κ2) is 11.5. The molecule has 13 aromatic rings. The van der Waals surface area contributed by atoms with Gasteiger partial charge in [-0.05, 0) is 116 Å². The second-order valence-electron chi connectivity index (χ2n) is 15.2. The summed E-state index contributed by atoms with van der Waals surface area (Å²) < 4.78 is 8.77. The molecule has 0 aliphatic rings. The van der Waals surface area contributed by atoms with E-state index in [1.807, 2.05) is 12.1 Å². The first-order chi connectivity index (χ1) is 28.3. The van der Waals surface area contributed by atoms with Crippen molar-refractivity contribution in [1.29, 1.82) is 0 Å². The standard InChI is InChI=1S/C54H32N2O/c1-2-12-33(13-3-1)34-14-8-15-35(30-34)55(38-26-29-50-46(32-38)41-20-6-7-25-49(41)57-50)36-16-9-17-37(31-36)56-47-24-11-23-44-43-22-10-21-42-39-18-4-5-19-40(39)45-27-28-48(56)54(52(44)47)53(45)51(42)43/h1-32H. The van der Waals surface area contributed by atoms with Crippen LogP contribution in [0.3, 0.4) is 0 Å². The molecule has 0 aliphatic heterocycles. The lowest BCUT2D eigenvalue weighted by molar-refractivity contribution is 0.669. The second-order valence-corrected chi connectivity index (χ2v) is 15.2. The molecule has 3 heteroatoms. The van der Waals surface area contributed by atoms with Crippen molar-refractivity contribution in [3.05, 3.63) is 194 Å². The van der Waals surface area contributed by atoms with Crippen LogP contribution in [0.5, 0.6) is 0 Å². The quantitative estimate of drug-likeness (QED) is 0.130. The van der Waals surface area contributed by atoms with Gasteiger partial charge in [-0.3, -0.25) is 0 Å². The third-order valence-corrected chi connectivity index (χ3v) is 12.2. The average molecular weight is 725 g/mol. The highest BCUT2D eigenvalue weighted by molar-refractivity contribution is 6.44. The zero-order valence-electron chi connectivity index (χ0n) is 30.8. The Morgan fingerprint density at radius 2 is 0.895 bits per heavy atom. The molecule has 0 fully saturated rings. The fourth-order valence-corrected chi connectivity index (χ4v) is 9.89. The van der Waals surface area contributed by atoms with Crippen LogP contribution in [-0.4, -0.2) is 4.57 Å². The molecular formula is C54H32N2O. The molecule has 3 nitrogen and oxygen atoms in total. The molecule has 0 saturated heterocycles. The van der Waals surface area contributed by atoms with E-state index < -0.39 is 0 Å². The van der Waals surface area contributed by atoms with Crippen molar-refractivity contribution in [3.8, 4) is 16.8 Å². The summed E-state index contributed by atoms with van der Waals surface area (Å²) in [6.45, 7) is 0. The van der Waals surface area contributed by atoms with Crippen LogP contribution in [0.4, 0.5) is 17.1 Å². The van der Waals surface area contributed by atoms with E-state index in [9.17, 15) is 0 Å². The van der Waals surface area contributed by atoms with E-state index in [0.717, 1.165) is 44.7 Å². The van der Waals surface area contributed by atoms with Crippen LogP contribution in [0.25, 0.3) is 104 Å². The van der Waals surface area contributed by atoms with Crippen LogP contribution in [0, 0.1) is 0 Å². The van der Waals surface area contributed by atoms with Crippen LogP contribution < -0.4 is 4.90 Å². The maximum Gasteiger partial charge on any atom is 0.135 e. The average Bonchev–Trinajstić information content (AvgIpc) is 3.83. The maximum absolute atomic E-state index is 6.29. The van der Waals surface area contributed by atoms with Gasteiger partial charge in [-0.1, -0.05) is 127 Å². The first kappa shape index (κ1) is 30.7. The fourth-order valence-electron chi connectivity index (χ4n) is 9.89. The van der Waals surface area contributed by atoms with Crippen LogP contribution in [-0.2, 0) is 0 Å². The summed E-state index contributed by atoms with van der Waals surface area (Å²) >= 11 is 0. The molecule has 2 heterocycles. The zero-order valence-corrected chi connectivity index (χ0v) is 30.8. The molecule has 0 atom stereocenters. The van der Waals surface area contributed by atoms with Gasteiger partial charge in [0.1, 0.15) is 11.2 Å². The van der Waals surface area contributed by atoms with Gasteiger partial charge in [0.05, 0.1) is 11.0 Å². The SMILES string of the molecule is c1ccc(-c2cccc(N(c3cccc(-n4c5cccc6c7cccc8c9ccccc9c9ccc4c(c9c87)c65)c3)c3ccc4oc5ccccc5c4c3)c2)cc1. The number of anilines is 3. The van der Waals surface area contributed by atoms with Crippen molar-refractivity contribution < 1.29 is 4.42 Å². The van der Waals surface area contributed by atoms with Gasteiger partial charge in [-0.15, -0.1) is 0 Å². The first-order valence-electron chi connectivity index (χ1n) is 19.6. The maximum atomic E-state index is 6.29. The van der Waals surface area contributed by atoms with Crippen molar-refractivity contribution in [1.82, 2.24) is 4.57 Å². The number of hydrogen-bond acceptors (Lipinski definition) is 2. The van der Waals surface area contributed by atoms with Crippen molar-refractivity contribution in [2.24, 2.45) is 0 Å². The molecule has 0 bridgehead atoms. The lowest BCUT2D eigenvalue weighted by Crippen LogP contribution is -2.10. The highest BCUT2D eigenvalue weighted by Gasteiger charge is 2.24. The monoisotopic (exact) mass is 724 g/mol. The molecule has 13 rings (SSSR count). The Bertz CT molecular complexity index is 3700. The van der Waals surface area contributed by atoms with E-state index in [1.165, 1.54) is 76.0 Å². The van der Waals surface area contributed by atoms with E-state index in [4.69, 9.17) is 4.42 Å². The summed E-state index contributed by atoms with van der Waals surface area (Å²) in [5.74, 6) is 0. The Hall–Kier alpha value is -7.62. The number of fused-ring (bicyclic) bond motifs is 7. The Morgan fingerprint density at radius 1 is 0.316 bits per heavy atom. The summed E-state index contributed by atoms with van der Waals surface area (Å²) in [4.78, 5) is 2.38. The Kier molecular flexibility index (Phi) is 6.16. The highest BCUT2D eigenvalue weighted by Crippen LogP contribution is 2.50. The molecule has 0 spiro atoms. The number of benzene rings is 11. The van der Waals surface area contributed by atoms with Gasteiger partial charge in [-0.25, -0.2) is 0 Å².